The molecule has 0 atom stereocenters. The summed E-state index contributed by atoms with van der Waals surface area (Å²) in [6.07, 6.45) is 1.16. The highest BCUT2D eigenvalue weighted by Crippen LogP contribution is 2.42. The van der Waals surface area contributed by atoms with Gasteiger partial charge in [-0.05, 0) is 12.8 Å². The smallest absolute Gasteiger partial charge is 0.219 e. The van der Waals surface area contributed by atoms with Gasteiger partial charge in [-0.2, -0.15) is 0 Å². The third-order valence-electron chi connectivity index (χ3n) is 2.00. The number of hydrogen-bond acceptors (Lipinski definition) is 3. The van der Waals surface area contributed by atoms with E-state index in [0.717, 1.165) is 0 Å². The summed E-state index contributed by atoms with van der Waals surface area (Å²) in [5, 5.41) is 8.80. The molecule has 4 nitrogen and oxygen atoms in total. The molecular weight excluding hydrogens is 166 g/mol. The average molecular weight is 179 g/mol. The quantitative estimate of drug-likeness (QED) is 0.608. The van der Waals surface area contributed by atoms with Gasteiger partial charge in [0.2, 0.25) is 10.0 Å². The van der Waals surface area contributed by atoms with Gasteiger partial charge in [0.25, 0.3) is 0 Å². The molecule has 5 heteroatoms. The predicted molar refractivity (Wildman–Crippen MR) is 41.6 cm³/mol. The number of aliphatic hydroxyl groups excluding tert-OH is 1. The van der Waals surface area contributed by atoms with Gasteiger partial charge in [0.1, 0.15) is 4.75 Å². The molecule has 0 aliphatic heterocycles. The number of nitrogens with one attached hydrogen (secondary N) is 1. The van der Waals surface area contributed by atoms with Crippen LogP contribution in [0.4, 0.5) is 0 Å². The van der Waals surface area contributed by atoms with Crippen LogP contribution in [0.5, 0.6) is 0 Å². The van der Waals surface area contributed by atoms with Crippen LogP contribution in [0.3, 0.4) is 0 Å². The molecule has 0 aromatic rings. The first-order chi connectivity index (χ1) is 5.08. The molecule has 1 aliphatic rings. The molecule has 0 saturated heterocycles. The second-order valence-electron chi connectivity index (χ2n) is 2.84. The summed E-state index contributed by atoms with van der Waals surface area (Å²) in [4.78, 5) is 0. The first-order valence-electron chi connectivity index (χ1n) is 3.68. The van der Waals surface area contributed by atoms with Crippen LogP contribution in [0.25, 0.3) is 0 Å². The summed E-state index contributed by atoms with van der Waals surface area (Å²) in [5.74, 6) is 0. The van der Waals surface area contributed by atoms with Crippen molar-refractivity contribution in [3.05, 3.63) is 0 Å². The average Bonchev–Trinajstić information content (AvgIpc) is 2.66. The van der Waals surface area contributed by atoms with Gasteiger partial charge in [-0.15, -0.1) is 0 Å². The minimum absolute atomic E-state index is 0.262. The van der Waals surface area contributed by atoms with Crippen LogP contribution in [0, 0.1) is 0 Å². The lowest BCUT2D eigenvalue weighted by atomic mass is 10.5. The highest BCUT2D eigenvalue weighted by Gasteiger charge is 2.53. The molecule has 1 rings (SSSR count). The van der Waals surface area contributed by atoms with Gasteiger partial charge in [0.05, 0.1) is 6.61 Å². The zero-order valence-electron chi connectivity index (χ0n) is 6.50. The molecule has 1 saturated carbocycles. The molecule has 1 aliphatic carbocycles. The topological polar surface area (TPSA) is 66.4 Å². The molecule has 11 heavy (non-hydrogen) atoms. The predicted octanol–water partition coefficient (Wildman–Crippen LogP) is -0.549. The lowest BCUT2D eigenvalue weighted by Crippen LogP contribution is -2.38. The monoisotopic (exact) mass is 179 g/mol. The number of aliphatic hydroxyl groups is 1. The molecule has 0 spiro atoms. The van der Waals surface area contributed by atoms with Crippen molar-refractivity contribution >= 4 is 10.0 Å². The van der Waals surface area contributed by atoms with Crippen molar-refractivity contribution in [3.8, 4) is 0 Å². The maximum atomic E-state index is 11.3. The van der Waals surface area contributed by atoms with Crippen LogP contribution in [-0.4, -0.2) is 31.4 Å². The van der Waals surface area contributed by atoms with E-state index in [-0.39, 0.29) is 6.61 Å². The third kappa shape index (κ3) is 1.40. The zero-order chi connectivity index (χ0) is 8.54. The van der Waals surface area contributed by atoms with Crippen LogP contribution in [0.2, 0.25) is 0 Å². The van der Waals surface area contributed by atoms with E-state index in [0.29, 0.717) is 19.4 Å². The standard InChI is InChI=1S/C6H13NO3S/c1-2-7-11(9,10)6(5-8)3-4-6/h7-8H,2-5H2,1H3. The van der Waals surface area contributed by atoms with Gasteiger partial charge in [0.15, 0.2) is 0 Å². The first kappa shape index (κ1) is 8.96. The van der Waals surface area contributed by atoms with E-state index in [4.69, 9.17) is 5.11 Å². The highest BCUT2D eigenvalue weighted by atomic mass is 32.2. The zero-order valence-corrected chi connectivity index (χ0v) is 7.32. The highest BCUT2D eigenvalue weighted by molar-refractivity contribution is 7.91. The van der Waals surface area contributed by atoms with Gasteiger partial charge in [-0.1, -0.05) is 6.92 Å². The first-order valence-corrected chi connectivity index (χ1v) is 5.16. The van der Waals surface area contributed by atoms with E-state index in [9.17, 15) is 8.42 Å². The largest absolute Gasteiger partial charge is 0.395 e. The van der Waals surface area contributed by atoms with Gasteiger partial charge in [0, 0.05) is 6.54 Å². The SMILES string of the molecule is CCNS(=O)(=O)C1(CO)CC1. The summed E-state index contributed by atoms with van der Waals surface area (Å²) >= 11 is 0. The molecule has 0 heterocycles. The van der Waals surface area contributed by atoms with E-state index >= 15 is 0 Å². The number of rotatable bonds is 4. The molecule has 0 amide bonds. The van der Waals surface area contributed by atoms with E-state index < -0.39 is 14.8 Å². The molecule has 0 bridgehead atoms. The molecule has 0 aromatic carbocycles. The van der Waals surface area contributed by atoms with Crippen LogP contribution in [0.1, 0.15) is 19.8 Å². The Balaban J connectivity index is 2.73. The fraction of sp³-hybridized carbons (Fsp3) is 1.00. The van der Waals surface area contributed by atoms with Crippen molar-refractivity contribution in [2.75, 3.05) is 13.2 Å². The number of sulfonamides is 1. The van der Waals surface area contributed by atoms with Crippen molar-refractivity contribution in [3.63, 3.8) is 0 Å². The van der Waals surface area contributed by atoms with E-state index in [1.54, 1.807) is 6.92 Å². The van der Waals surface area contributed by atoms with Crippen molar-refractivity contribution in [2.45, 2.75) is 24.5 Å². The van der Waals surface area contributed by atoms with Gasteiger partial charge >= 0.3 is 0 Å². The maximum Gasteiger partial charge on any atom is 0.219 e. The molecule has 1 fully saturated rings. The van der Waals surface area contributed by atoms with Gasteiger partial charge in [-0.3, -0.25) is 0 Å². The van der Waals surface area contributed by atoms with Gasteiger partial charge < -0.3 is 5.11 Å². The molecular formula is C6H13NO3S. The Kier molecular flexibility index (Phi) is 2.22. The Bertz CT molecular complexity index is 230. The minimum atomic E-state index is -3.25. The Hall–Kier alpha value is -0.130. The fourth-order valence-corrected chi connectivity index (χ4v) is 2.49. The summed E-state index contributed by atoms with van der Waals surface area (Å²) in [6, 6.07) is 0. The molecule has 2 N–H and O–H groups in total. The number of hydrogen-bond donors (Lipinski definition) is 2. The van der Waals surface area contributed by atoms with Crippen molar-refractivity contribution in [1.29, 1.82) is 0 Å². The third-order valence-corrected chi connectivity index (χ3v) is 4.35. The summed E-state index contributed by atoms with van der Waals surface area (Å²) < 4.78 is 24.1. The fourth-order valence-electron chi connectivity index (χ4n) is 0.994. The minimum Gasteiger partial charge on any atom is -0.395 e. The van der Waals surface area contributed by atoms with E-state index in [1.165, 1.54) is 0 Å². The van der Waals surface area contributed by atoms with Crippen LogP contribution in [0.15, 0.2) is 0 Å². The lowest BCUT2D eigenvalue weighted by molar-refractivity contribution is 0.282. The summed E-state index contributed by atoms with van der Waals surface area (Å²) in [6.45, 7) is 1.86. The van der Waals surface area contributed by atoms with Crippen LogP contribution in [-0.2, 0) is 10.0 Å². The van der Waals surface area contributed by atoms with Crippen molar-refractivity contribution in [2.24, 2.45) is 0 Å². The van der Waals surface area contributed by atoms with E-state index in [2.05, 4.69) is 4.72 Å². The Morgan fingerprint density at radius 2 is 2.09 bits per heavy atom. The molecule has 0 radical (unpaired) electrons. The second kappa shape index (κ2) is 2.73. The second-order valence-corrected chi connectivity index (χ2v) is 5.00. The Labute approximate surface area is 66.7 Å². The van der Waals surface area contributed by atoms with Crippen LogP contribution >= 0.6 is 0 Å². The summed E-state index contributed by atoms with van der Waals surface area (Å²) in [5.41, 5.74) is 0. The van der Waals surface area contributed by atoms with Crippen molar-refractivity contribution in [1.82, 2.24) is 4.72 Å². The Morgan fingerprint density at radius 3 is 2.36 bits per heavy atom. The molecule has 0 aromatic heterocycles. The molecule has 0 unspecified atom stereocenters. The molecule has 66 valence electrons. The van der Waals surface area contributed by atoms with Crippen molar-refractivity contribution < 1.29 is 13.5 Å². The lowest BCUT2D eigenvalue weighted by Gasteiger charge is -2.12. The van der Waals surface area contributed by atoms with Gasteiger partial charge in [-0.25, -0.2) is 13.1 Å². The maximum absolute atomic E-state index is 11.3. The Morgan fingerprint density at radius 1 is 1.55 bits per heavy atom. The van der Waals surface area contributed by atoms with Crippen LogP contribution < -0.4 is 4.72 Å². The summed E-state index contributed by atoms with van der Waals surface area (Å²) in [7, 11) is -3.25. The normalized spacial score (nSPS) is 21.6. The van der Waals surface area contributed by atoms with E-state index in [1.807, 2.05) is 0 Å².